The average molecular weight is 578 g/mol. The molecular formula is C27H35N3O11. The van der Waals surface area contributed by atoms with Crippen molar-refractivity contribution in [3.05, 3.63) is 46.2 Å². The van der Waals surface area contributed by atoms with Crippen LogP contribution < -0.4 is 10.6 Å². The molecule has 0 spiro atoms. The number of rotatable bonds is 8. The summed E-state index contributed by atoms with van der Waals surface area (Å²) in [4.78, 5) is 42.2. The van der Waals surface area contributed by atoms with Gasteiger partial charge in [0, 0.05) is 17.4 Å². The smallest absolute Gasteiger partial charge is 0.259 e. The van der Waals surface area contributed by atoms with E-state index in [-0.39, 0.29) is 17.5 Å². The Morgan fingerprint density at radius 3 is 2.24 bits per heavy atom. The predicted octanol–water partition coefficient (Wildman–Crippen LogP) is -2.48. The monoisotopic (exact) mass is 577 g/mol. The molecule has 0 unspecified atom stereocenters. The number of likely N-dealkylation sites (N-methyl/N-ethyl adjacent to an activating group) is 1. The molecular weight excluding hydrogens is 542 g/mol. The summed E-state index contributed by atoms with van der Waals surface area (Å²) in [7, 11) is 2.94. The van der Waals surface area contributed by atoms with Crippen molar-refractivity contribution >= 4 is 23.2 Å². The van der Waals surface area contributed by atoms with E-state index >= 15 is 0 Å². The number of nitrogens with zero attached hydrogens (tertiary/aromatic N) is 1. The normalized spacial score (nSPS) is 29.8. The molecule has 0 bridgehead atoms. The molecule has 1 fully saturated rings. The minimum atomic E-state index is -2.87. The maximum atomic E-state index is 14.0. The second-order valence-electron chi connectivity index (χ2n) is 11.2. The molecule has 3 aliphatic carbocycles. The van der Waals surface area contributed by atoms with E-state index < -0.39 is 107 Å². The molecule has 1 saturated carbocycles. The van der Waals surface area contributed by atoms with E-state index in [0.29, 0.717) is 0 Å². The summed E-state index contributed by atoms with van der Waals surface area (Å²) in [5.74, 6) is -8.26. The number of fused-ring (bicyclic) bond motifs is 3. The van der Waals surface area contributed by atoms with Crippen molar-refractivity contribution in [1.29, 1.82) is 0 Å². The number of carbonyl (C=O) groups is 3. The fourth-order valence-corrected chi connectivity index (χ4v) is 6.20. The number of hydrogen-bond acceptors (Lipinski definition) is 13. The molecule has 10 N–H and O–H groups in total. The van der Waals surface area contributed by atoms with Gasteiger partial charge in [-0.15, -0.1) is 0 Å². The highest BCUT2D eigenvalue weighted by Crippen LogP contribution is 2.57. The molecule has 0 aromatic heterocycles. The summed E-state index contributed by atoms with van der Waals surface area (Å²) in [5.41, 5.74) is -7.77. The number of phenolic OH excluding ortho intramolecular Hbond substituents is 1. The lowest BCUT2D eigenvalue weighted by atomic mass is 9.54. The quantitative estimate of drug-likeness (QED) is 0.114. The van der Waals surface area contributed by atoms with E-state index in [0.717, 1.165) is 0 Å². The van der Waals surface area contributed by atoms with Crippen LogP contribution in [-0.2, 0) is 20.0 Å². The number of ketones is 2. The molecule has 1 aromatic rings. The first-order valence-electron chi connectivity index (χ1n) is 12.9. The Bertz CT molecular complexity index is 1340. The lowest BCUT2D eigenvalue weighted by Crippen LogP contribution is -2.67. The second-order valence-corrected chi connectivity index (χ2v) is 11.2. The van der Waals surface area contributed by atoms with Crippen LogP contribution in [0.5, 0.6) is 5.75 Å². The number of aliphatic hydroxyl groups excluding tert-OH is 5. The summed E-state index contributed by atoms with van der Waals surface area (Å²) in [6.45, 7) is -1.24. The summed E-state index contributed by atoms with van der Waals surface area (Å²) in [6.07, 6.45) is -0.273. The molecule has 41 heavy (non-hydrogen) atoms. The van der Waals surface area contributed by atoms with Crippen molar-refractivity contribution in [2.24, 2.45) is 11.8 Å². The van der Waals surface area contributed by atoms with Gasteiger partial charge in [0.05, 0.1) is 49.2 Å². The summed E-state index contributed by atoms with van der Waals surface area (Å²) < 4.78 is 0. The van der Waals surface area contributed by atoms with Crippen molar-refractivity contribution in [2.45, 2.75) is 36.1 Å². The van der Waals surface area contributed by atoms with Gasteiger partial charge >= 0.3 is 0 Å². The Kier molecular flexibility index (Phi) is 7.81. The lowest BCUT2D eigenvalue weighted by Gasteiger charge is -2.53. The van der Waals surface area contributed by atoms with E-state index in [1.54, 1.807) is 0 Å². The third kappa shape index (κ3) is 4.34. The van der Waals surface area contributed by atoms with Gasteiger partial charge in [-0.05, 0) is 39.1 Å². The standard InChI is InChI=1S/C27H35N3O11/c1-25(40)12-5-4-6-15(34)16(12)20(35)17-13(25)7-14-19(30(2)3)21(36)18(23(38)27(14,41)22(17)37)24(39)28-11-29-26(8-31,9-32)10-33/h4-6,13-14,19,29,31-35,38,40-41H,7-11H2,1-3H3,(H,28,39)/t13-,14-,19-,25+,27+/m0/s1. The van der Waals surface area contributed by atoms with E-state index in [9.17, 15) is 55.2 Å². The van der Waals surface area contributed by atoms with Crippen LogP contribution in [0.15, 0.2) is 35.1 Å². The predicted molar refractivity (Wildman–Crippen MR) is 141 cm³/mol. The molecule has 0 aliphatic heterocycles. The maximum absolute atomic E-state index is 14.0. The number of aromatic hydroxyl groups is 1. The Balaban J connectivity index is 1.83. The van der Waals surface area contributed by atoms with Gasteiger partial charge in [0.25, 0.3) is 5.91 Å². The van der Waals surface area contributed by atoms with Gasteiger partial charge in [0.1, 0.15) is 22.8 Å². The zero-order chi connectivity index (χ0) is 30.7. The Labute approximate surface area is 234 Å². The molecule has 1 aromatic carbocycles. The zero-order valence-corrected chi connectivity index (χ0v) is 22.7. The Morgan fingerprint density at radius 2 is 1.68 bits per heavy atom. The topological polar surface area (TPSA) is 240 Å². The highest BCUT2D eigenvalue weighted by molar-refractivity contribution is 6.25. The fraction of sp³-hybridized carbons (Fsp3) is 0.519. The van der Waals surface area contributed by atoms with Gasteiger partial charge in [-0.3, -0.25) is 24.6 Å². The van der Waals surface area contributed by atoms with Gasteiger partial charge in [-0.1, -0.05) is 12.1 Å². The van der Waals surface area contributed by atoms with Gasteiger partial charge in [-0.25, -0.2) is 0 Å². The molecule has 3 aliphatic rings. The highest BCUT2D eigenvalue weighted by atomic mass is 16.4. The molecule has 1 amide bonds. The number of amides is 1. The van der Waals surface area contributed by atoms with Gasteiger partial charge in [-0.2, -0.15) is 0 Å². The van der Waals surface area contributed by atoms with Crippen LogP contribution in [0.1, 0.15) is 24.5 Å². The van der Waals surface area contributed by atoms with Crippen LogP contribution in [0, 0.1) is 11.8 Å². The van der Waals surface area contributed by atoms with Gasteiger partial charge < -0.3 is 46.2 Å². The van der Waals surface area contributed by atoms with Crippen molar-refractivity contribution in [3.8, 4) is 5.75 Å². The summed E-state index contributed by atoms with van der Waals surface area (Å²) in [5, 5.41) is 89.5. The van der Waals surface area contributed by atoms with E-state index in [4.69, 9.17) is 0 Å². The number of nitrogens with one attached hydrogen (secondary N) is 2. The number of hydrogen-bond donors (Lipinski definition) is 10. The first kappa shape index (κ1) is 30.6. The molecule has 0 heterocycles. The minimum Gasteiger partial charge on any atom is -0.508 e. The fourth-order valence-electron chi connectivity index (χ4n) is 6.20. The number of aliphatic hydroxyl groups is 7. The molecule has 14 nitrogen and oxygen atoms in total. The Morgan fingerprint density at radius 1 is 1.07 bits per heavy atom. The molecule has 4 rings (SSSR count). The highest BCUT2D eigenvalue weighted by Gasteiger charge is 2.66. The zero-order valence-electron chi connectivity index (χ0n) is 22.7. The third-order valence-corrected chi connectivity index (χ3v) is 8.62. The molecule has 224 valence electrons. The van der Waals surface area contributed by atoms with Crippen LogP contribution in [0.4, 0.5) is 0 Å². The van der Waals surface area contributed by atoms with Crippen LogP contribution in [0.2, 0.25) is 0 Å². The van der Waals surface area contributed by atoms with Crippen molar-refractivity contribution in [2.75, 3.05) is 40.6 Å². The SMILES string of the molecule is CN(C)[C@@H]1C(=O)C(C(=O)NCNC(CO)(CO)CO)=C(O)[C@]2(O)C(=O)C3=C(O)c4c(O)cccc4[C@@](C)(O)[C@H]3C[C@@H]12. The molecule has 5 atom stereocenters. The van der Waals surface area contributed by atoms with Crippen LogP contribution in [-0.4, -0.2) is 121 Å². The molecule has 0 radical (unpaired) electrons. The number of Topliss-reactive ketones (excluding diaryl/α,β-unsaturated/α-hetero) is 2. The second kappa shape index (κ2) is 10.5. The summed E-state index contributed by atoms with van der Waals surface area (Å²) in [6, 6.07) is 2.83. The number of benzene rings is 1. The maximum Gasteiger partial charge on any atom is 0.259 e. The number of phenols is 1. The van der Waals surface area contributed by atoms with Crippen LogP contribution in [0.25, 0.3) is 5.76 Å². The summed E-state index contributed by atoms with van der Waals surface area (Å²) >= 11 is 0. The first-order chi connectivity index (χ1) is 19.1. The van der Waals surface area contributed by atoms with Gasteiger partial charge in [0.15, 0.2) is 11.4 Å². The van der Waals surface area contributed by atoms with E-state index in [1.165, 1.54) is 44.1 Å². The van der Waals surface area contributed by atoms with Crippen molar-refractivity contribution in [3.63, 3.8) is 0 Å². The molecule has 14 heteroatoms. The molecule has 0 saturated heterocycles. The van der Waals surface area contributed by atoms with Crippen molar-refractivity contribution in [1.82, 2.24) is 15.5 Å². The van der Waals surface area contributed by atoms with Gasteiger partial charge in [0.2, 0.25) is 5.78 Å². The number of carbonyl (C=O) groups excluding carboxylic acids is 3. The van der Waals surface area contributed by atoms with Crippen LogP contribution >= 0.6 is 0 Å². The third-order valence-electron chi connectivity index (χ3n) is 8.62. The van der Waals surface area contributed by atoms with Crippen molar-refractivity contribution < 1.29 is 55.2 Å². The largest absolute Gasteiger partial charge is 0.508 e. The van der Waals surface area contributed by atoms with E-state index in [2.05, 4.69) is 10.6 Å². The minimum absolute atomic E-state index is 0.127. The van der Waals surface area contributed by atoms with E-state index in [1.807, 2.05) is 0 Å². The van der Waals surface area contributed by atoms with Crippen LogP contribution in [0.3, 0.4) is 0 Å². The lowest BCUT2D eigenvalue weighted by molar-refractivity contribution is -0.159. The first-order valence-corrected chi connectivity index (χ1v) is 12.9. The Hall–Kier alpha value is -3.37. The average Bonchev–Trinajstić information content (AvgIpc) is 2.92.